The topological polar surface area (TPSA) is 51.1 Å². The third-order valence-corrected chi connectivity index (χ3v) is 3.72. The Morgan fingerprint density at radius 1 is 1.12 bits per heavy atom. The number of rotatable bonds is 1. The molecule has 1 aliphatic rings. The first-order valence-electron chi connectivity index (χ1n) is 5.68. The van der Waals surface area contributed by atoms with Crippen LogP contribution >= 0.6 is 11.3 Å². The highest BCUT2D eigenvalue weighted by Gasteiger charge is 2.18. The normalized spacial score (nSPS) is 16.7. The van der Waals surface area contributed by atoms with Gasteiger partial charge in [0.25, 0.3) is 0 Å². The van der Waals surface area contributed by atoms with Gasteiger partial charge in [-0.2, -0.15) is 0 Å². The number of nitrogens with zero attached hydrogens (tertiary/aromatic N) is 4. The lowest BCUT2D eigenvalue weighted by atomic mass is 10.4. The Hall–Kier alpha value is -1.27. The summed E-state index contributed by atoms with van der Waals surface area (Å²) in [5.41, 5.74) is 0.821. The monoisotopic (exact) mass is 250 g/mol. The fourth-order valence-electron chi connectivity index (χ4n) is 2.01. The number of morpholine rings is 1. The Labute approximate surface area is 103 Å². The highest BCUT2D eigenvalue weighted by Crippen LogP contribution is 2.29. The van der Waals surface area contributed by atoms with Gasteiger partial charge in [-0.05, 0) is 13.8 Å². The first-order valence-corrected chi connectivity index (χ1v) is 6.50. The van der Waals surface area contributed by atoms with Crippen molar-refractivity contribution in [2.24, 2.45) is 0 Å². The quantitative estimate of drug-likeness (QED) is 0.768. The standard InChI is InChI=1S/C11H14N4OS/c1-7-12-10-9(17-8(2)14-10)11(13-7)15-3-5-16-6-4-15/h3-6H2,1-2H3. The Bertz CT molecular complexity index is 548. The average molecular weight is 250 g/mol. The minimum Gasteiger partial charge on any atom is -0.378 e. The lowest BCUT2D eigenvalue weighted by molar-refractivity contribution is 0.122. The summed E-state index contributed by atoms with van der Waals surface area (Å²) in [6.45, 7) is 7.23. The van der Waals surface area contributed by atoms with E-state index in [2.05, 4.69) is 19.9 Å². The molecule has 0 radical (unpaired) electrons. The van der Waals surface area contributed by atoms with Gasteiger partial charge >= 0.3 is 0 Å². The number of ether oxygens (including phenoxy) is 1. The van der Waals surface area contributed by atoms with Crippen LogP contribution in [0.3, 0.4) is 0 Å². The Balaban J connectivity index is 2.12. The van der Waals surface area contributed by atoms with E-state index in [1.807, 2.05) is 13.8 Å². The second-order valence-corrected chi connectivity index (χ2v) is 5.28. The van der Waals surface area contributed by atoms with Crippen LogP contribution in [0, 0.1) is 13.8 Å². The lowest BCUT2D eigenvalue weighted by Crippen LogP contribution is -2.37. The molecule has 0 aromatic carbocycles. The Kier molecular flexibility index (Phi) is 2.68. The fourth-order valence-corrected chi connectivity index (χ4v) is 2.89. The molecule has 90 valence electrons. The molecular formula is C11H14N4OS. The summed E-state index contributed by atoms with van der Waals surface area (Å²) >= 11 is 1.66. The van der Waals surface area contributed by atoms with Crippen LogP contribution in [0.15, 0.2) is 0 Å². The van der Waals surface area contributed by atoms with Crippen molar-refractivity contribution >= 4 is 27.5 Å². The van der Waals surface area contributed by atoms with Crippen molar-refractivity contribution in [3.63, 3.8) is 0 Å². The number of thiazole rings is 1. The van der Waals surface area contributed by atoms with E-state index >= 15 is 0 Å². The molecule has 3 heterocycles. The van der Waals surface area contributed by atoms with E-state index in [9.17, 15) is 0 Å². The summed E-state index contributed by atoms with van der Waals surface area (Å²) < 4.78 is 6.46. The largest absolute Gasteiger partial charge is 0.378 e. The zero-order chi connectivity index (χ0) is 11.8. The van der Waals surface area contributed by atoms with E-state index in [4.69, 9.17) is 4.74 Å². The maximum atomic E-state index is 5.37. The van der Waals surface area contributed by atoms with Crippen LogP contribution in [0.1, 0.15) is 10.8 Å². The minimum atomic E-state index is 0.766. The van der Waals surface area contributed by atoms with Crippen molar-refractivity contribution in [3.05, 3.63) is 10.8 Å². The molecule has 1 fully saturated rings. The number of aromatic nitrogens is 3. The molecule has 0 saturated carbocycles. The maximum absolute atomic E-state index is 5.37. The van der Waals surface area contributed by atoms with Gasteiger partial charge in [-0.25, -0.2) is 15.0 Å². The molecule has 17 heavy (non-hydrogen) atoms. The summed E-state index contributed by atoms with van der Waals surface area (Å²) in [6, 6.07) is 0. The number of anilines is 1. The van der Waals surface area contributed by atoms with E-state index < -0.39 is 0 Å². The van der Waals surface area contributed by atoms with Crippen LogP contribution in [0.4, 0.5) is 5.82 Å². The molecule has 2 aromatic rings. The first-order chi connectivity index (χ1) is 8.24. The van der Waals surface area contributed by atoms with Crippen LogP contribution in [0.25, 0.3) is 10.3 Å². The molecular weight excluding hydrogens is 236 g/mol. The molecule has 0 unspecified atom stereocenters. The molecule has 0 spiro atoms. The van der Waals surface area contributed by atoms with Crippen molar-refractivity contribution in [1.82, 2.24) is 15.0 Å². The lowest BCUT2D eigenvalue weighted by Gasteiger charge is -2.28. The van der Waals surface area contributed by atoms with Crippen molar-refractivity contribution in [3.8, 4) is 0 Å². The predicted molar refractivity (Wildman–Crippen MR) is 67.7 cm³/mol. The van der Waals surface area contributed by atoms with E-state index in [0.29, 0.717) is 0 Å². The number of hydrogen-bond donors (Lipinski definition) is 0. The summed E-state index contributed by atoms with van der Waals surface area (Å²) in [5.74, 6) is 1.80. The molecule has 1 aliphatic heterocycles. The van der Waals surface area contributed by atoms with Gasteiger partial charge in [0, 0.05) is 13.1 Å². The van der Waals surface area contributed by atoms with Crippen molar-refractivity contribution in [2.75, 3.05) is 31.2 Å². The van der Waals surface area contributed by atoms with Gasteiger partial charge < -0.3 is 9.64 Å². The van der Waals surface area contributed by atoms with Crippen LogP contribution < -0.4 is 4.90 Å². The fraction of sp³-hybridized carbons (Fsp3) is 0.545. The van der Waals surface area contributed by atoms with Crippen LogP contribution in [0.5, 0.6) is 0 Å². The van der Waals surface area contributed by atoms with Crippen molar-refractivity contribution in [1.29, 1.82) is 0 Å². The van der Waals surface area contributed by atoms with Crippen molar-refractivity contribution in [2.45, 2.75) is 13.8 Å². The van der Waals surface area contributed by atoms with Gasteiger partial charge in [0.15, 0.2) is 11.5 Å². The Morgan fingerprint density at radius 3 is 2.65 bits per heavy atom. The van der Waals surface area contributed by atoms with Crippen LogP contribution in [-0.2, 0) is 4.74 Å². The third-order valence-electron chi connectivity index (χ3n) is 2.77. The van der Waals surface area contributed by atoms with Gasteiger partial charge in [-0.15, -0.1) is 11.3 Å². The number of hydrogen-bond acceptors (Lipinski definition) is 6. The minimum absolute atomic E-state index is 0.766. The van der Waals surface area contributed by atoms with Gasteiger partial charge in [0.2, 0.25) is 0 Å². The summed E-state index contributed by atoms with van der Waals surface area (Å²) in [4.78, 5) is 15.7. The average Bonchev–Trinajstić information content (AvgIpc) is 2.69. The molecule has 0 bridgehead atoms. The third kappa shape index (κ3) is 1.98. The zero-order valence-corrected chi connectivity index (χ0v) is 10.8. The zero-order valence-electron chi connectivity index (χ0n) is 9.93. The predicted octanol–water partition coefficient (Wildman–Crippen LogP) is 1.54. The molecule has 0 aliphatic carbocycles. The smallest absolute Gasteiger partial charge is 0.176 e. The van der Waals surface area contributed by atoms with Gasteiger partial charge in [-0.3, -0.25) is 0 Å². The summed E-state index contributed by atoms with van der Waals surface area (Å²) in [5, 5.41) is 1.04. The second-order valence-electron chi connectivity index (χ2n) is 4.08. The van der Waals surface area contributed by atoms with E-state index in [1.54, 1.807) is 11.3 Å². The van der Waals surface area contributed by atoms with Crippen molar-refractivity contribution < 1.29 is 4.74 Å². The number of fused-ring (bicyclic) bond motifs is 1. The molecule has 6 heteroatoms. The van der Waals surface area contributed by atoms with E-state index in [1.165, 1.54) is 0 Å². The first kappa shape index (κ1) is 10.9. The summed E-state index contributed by atoms with van der Waals surface area (Å²) in [6.07, 6.45) is 0. The van der Waals surface area contributed by atoms with E-state index in [-0.39, 0.29) is 0 Å². The molecule has 3 rings (SSSR count). The maximum Gasteiger partial charge on any atom is 0.176 e. The molecule has 1 saturated heterocycles. The second kappa shape index (κ2) is 4.19. The van der Waals surface area contributed by atoms with Crippen LogP contribution in [-0.4, -0.2) is 41.3 Å². The van der Waals surface area contributed by atoms with Crippen LogP contribution in [0.2, 0.25) is 0 Å². The highest BCUT2D eigenvalue weighted by atomic mass is 32.1. The van der Waals surface area contributed by atoms with Gasteiger partial charge in [0.1, 0.15) is 10.5 Å². The van der Waals surface area contributed by atoms with Gasteiger partial charge in [-0.1, -0.05) is 0 Å². The molecule has 0 N–H and O–H groups in total. The van der Waals surface area contributed by atoms with Gasteiger partial charge in [0.05, 0.1) is 18.2 Å². The molecule has 2 aromatic heterocycles. The number of aryl methyl sites for hydroxylation is 2. The summed E-state index contributed by atoms with van der Waals surface area (Å²) in [7, 11) is 0. The molecule has 0 atom stereocenters. The Morgan fingerprint density at radius 2 is 1.88 bits per heavy atom. The highest BCUT2D eigenvalue weighted by molar-refractivity contribution is 7.19. The SMILES string of the molecule is Cc1nc(N2CCOCC2)c2sc(C)nc2n1. The van der Waals surface area contributed by atoms with E-state index in [0.717, 1.165) is 53.3 Å². The molecule has 0 amide bonds. The molecule has 5 nitrogen and oxygen atoms in total.